The molecular weight excluding hydrogens is 360 g/mol. The van der Waals surface area contributed by atoms with Gasteiger partial charge in [-0.3, -0.25) is 9.59 Å². The maximum Gasteiger partial charge on any atom is 0.159 e. The molecule has 1 fully saturated rings. The Morgan fingerprint density at radius 3 is 1.76 bits per heavy atom. The molecule has 29 heavy (non-hydrogen) atoms. The summed E-state index contributed by atoms with van der Waals surface area (Å²) in [5.41, 5.74) is 3.71. The van der Waals surface area contributed by atoms with Crippen LogP contribution in [-0.4, -0.2) is 40.7 Å². The molecule has 1 aliphatic rings. The second-order valence-corrected chi connectivity index (χ2v) is 8.34. The Bertz CT molecular complexity index is 984. The van der Waals surface area contributed by atoms with Gasteiger partial charge in [-0.1, -0.05) is 12.8 Å². The molecule has 1 aliphatic heterocycles. The number of hydrogen-bond acceptors (Lipinski definition) is 3. The zero-order chi connectivity index (χ0) is 20.4. The van der Waals surface area contributed by atoms with Gasteiger partial charge in [-0.15, -0.1) is 0 Å². The molecule has 0 aliphatic carbocycles. The maximum atomic E-state index is 11.9. The van der Waals surface area contributed by atoms with Crippen LogP contribution in [0.5, 0.6) is 0 Å². The highest BCUT2D eigenvalue weighted by molar-refractivity contribution is 6.12. The van der Waals surface area contributed by atoms with Crippen molar-refractivity contribution in [2.45, 2.75) is 52.5 Å². The molecule has 3 aromatic rings. The fourth-order valence-corrected chi connectivity index (χ4v) is 4.60. The van der Waals surface area contributed by atoms with Gasteiger partial charge in [0.1, 0.15) is 0 Å². The van der Waals surface area contributed by atoms with Crippen molar-refractivity contribution in [3.8, 4) is 0 Å². The fourth-order valence-electron chi connectivity index (χ4n) is 4.60. The minimum absolute atomic E-state index is 0.0664. The highest BCUT2D eigenvalue weighted by Crippen LogP contribution is 2.31. The van der Waals surface area contributed by atoms with Crippen LogP contribution in [0.2, 0.25) is 0 Å². The first-order valence-electron chi connectivity index (χ1n) is 10.8. The number of nitrogens with zero attached hydrogens (tertiary/aromatic N) is 2. The lowest BCUT2D eigenvalue weighted by Crippen LogP contribution is -2.26. The van der Waals surface area contributed by atoms with Crippen LogP contribution in [0.25, 0.3) is 21.8 Å². The van der Waals surface area contributed by atoms with E-state index >= 15 is 0 Å². The van der Waals surface area contributed by atoms with E-state index in [2.05, 4.69) is 21.6 Å². The summed E-state index contributed by atoms with van der Waals surface area (Å²) in [7, 11) is 0. The third-order valence-corrected chi connectivity index (χ3v) is 6.23. The van der Waals surface area contributed by atoms with Crippen LogP contribution in [-0.2, 0) is 6.54 Å². The average molecular weight is 391 g/mol. The first kappa shape index (κ1) is 19.8. The first-order valence-corrected chi connectivity index (χ1v) is 10.8. The third kappa shape index (κ3) is 4.13. The topological polar surface area (TPSA) is 42.3 Å². The number of ketones is 2. The number of carbonyl (C=O) groups is 2. The summed E-state index contributed by atoms with van der Waals surface area (Å²) in [6, 6.07) is 11.9. The molecule has 0 radical (unpaired) electrons. The largest absolute Gasteiger partial charge is 0.340 e. The van der Waals surface area contributed by atoms with Crippen molar-refractivity contribution in [1.29, 1.82) is 0 Å². The number of hydrogen-bond donors (Lipinski definition) is 0. The van der Waals surface area contributed by atoms with Crippen molar-refractivity contribution >= 4 is 33.4 Å². The Morgan fingerprint density at radius 1 is 0.759 bits per heavy atom. The van der Waals surface area contributed by atoms with E-state index in [1.807, 2.05) is 24.3 Å². The monoisotopic (exact) mass is 390 g/mol. The second-order valence-electron chi connectivity index (χ2n) is 8.34. The van der Waals surface area contributed by atoms with E-state index in [1.165, 1.54) is 38.8 Å². The summed E-state index contributed by atoms with van der Waals surface area (Å²) in [6.07, 6.45) is 6.45. The van der Waals surface area contributed by atoms with Crippen molar-refractivity contribution < 1.29 is 9.59 Å². The number of likely N-dealkylation sites (tertiary alicyclic amines) is 1. The van der Waals surface area contributed by atoms with Crippen LogP contribution in [0.15, 0.2) is 36.4 Å². The van der Waals surface area contributed by atoms with Gasteiger partial charge in [0, 0.05) is 39.5 Å². The number of aromatic nitrogens is 1. The lowest BCUT2D eigenvalue weighted by atomic mass is 10.0. The van der Waals surface area contributed by atoms with Crippen molar-refractivity contribution in [3.63, 3.8) is 0 Å². The minimum Gasteiger partial charge on any atom is -0.340 e. The summed E-state index contributed by atoms with van der Waals surface area (Å²) in [5, 5.41) is 2.12. The molecule has 0 bridgehead atoms. The van der Waals surface area contributed by atoms with E-state index < -0.39 is 0 Å². The van der Waals surface area contributed by atoms with Crippen LogP contribution < -0.4 is 0 Å². The van der Waals surface area contributed by atoms with Gasteiger partial charge in [0.15, 0.2) is 11.6 Å². The summed E-state index contributed by atoms with van der Waals surface area (Å²) < 4.78 is 2.36. The van der Waals surface area contributed by atoms with Crippen LogP contribution in [0.4, 0.5) is 0 Å². The molecule has 152 valence electrons. The molecule has 0 spiro atoms. The highest BCUT2D eigenvalue weighted by atomic mass is 16.1. The van der Waals surface area contributed by atoms with Crippen molar-refractivity contribution in [2.24, 2.45) is 0 Å². The first-order chi connectivity index (χ1) is 14.0. The molecule has 1 aromatic heterocycles. The summed E-state index contributed by atoms with van der Waals surface area (Å²) in [6.45, 7) is 7.70. The standard InChI is InChI=1S/C25H30N2O2/c1-18(28)20-8-10-24-22(16-20)23-17-21(19(2)29)9-11-25(23)27(24)15-7-14-26-12-5-3-4-6-13-26/h8-11,16-17H,3-7,12-15H2,1-2H3. The molecule has 2 heterocycles. The molecule has 0 N–H and O–H groups in total. The van der Waals surface area contributed by atoms with Crippen molar-refractivity contribution in [3.05, 3.63) is 47.5 Å². The Hall–Kier alpha value is -2.46. The predicted molar refractivity (Wildman–Crippen MR) is 119 cm³/mol. The van der Waals surface area contributed by atoms with Crippen molar-refractivity contribution in [1.82, 2.24) is 9.47 Å². The number of benzene rings is 2. The minimum atomic E-state index is 0.0664. The number of fused-ring (bicyclic) bond motifs is 3. The Labute approximate surface area is 172 Å². The van der Waals surface area contributed by atoms with E-state index in [9.17, 15) is 9.59 Å². The van der Waals surface area contributed by atoms with Gasteiger partial charge in [0.25, 0.3) is 0 Å². The second kappa shape index (κ2) is 8.50. The van der Waals surface area contributed by atoms with Gasteiger partial charge < -0.3 is 9.47 Å². The van der Waals surface area contributed by atoms with E-state index in [4.69, 9.17) is 0 Å². The SMILES string of the molecule is CC(=O)c1ccc2c(c1)c1cc(C(C)=O)ccc1n2CCCN1CCCCCC1. The van der Waals surface area contributed by atoms with Gasteiger partial charge in [-0.25, -0.2) is 0 Å². The molecule has 2 aromatic carbocycles. The van der Waals surface area contributed by atoms with Gasteiger partial charge in [-0.2, -0.15) is 0 Å². The van der Waals surface area contributed by atoms with Crippen molar-refractivity contribution in [2.75, 3.05) is 19.6 Å². The maximum absolute atomic E-state index is 11.9. The number of aryl methyl sites for hydroxylation is 1. The summed E-state index contributed by atoms with van der Waals surface area (Å²) >= 11 is 0. The number of Topliss-reactive ketones (excluding diaryl/α,β-unsaturated/α-hetero) is 2. The van der Waals surface area contributed by atoms with Gasteiger partial charge in [-0.05, 0) is 89.1 Å². The van der Waals surface area contributed by atoms with E-state index in [1.54, 1.807) is 13.8 Å². The number of carbonyl (C=O) groups excluding carboxylic acids is 2. The number of rotatable bonds is 6. The molecule has 0 saturated carbocycles. The average Bonchev–Trinajstić information content (AvgIpc) is 2.85. The van der Waals surface area contributed by atoms with Gasteiger partial charge in [0.2, 0.25) is 0 Å². The van der Waals surface area contributed by atoms with Crippen LogP contribution >= 0.6 is 0 Å². The molecule has 4 nitrogen and oxygen atoms in total. The van der Waals surface area contributed by atoms with E-state index in [-0.39, 0.29) is 11.6 Å². The smallest absolute Gasteiger partial charge is 0.159 e. The zero-order valence-electron chi connectivity index (χ0n) is 17.5. The van der Waals surface area contributed by atoms with Crippen LogP contribution in [0.1, 0.15) is 66.7 Å². The van der Waals surface area contributed by atoms with E-state index in [0.29, 0.717) is 11.1 Å². The quantitative estimate of drug-likeness (QED) is 0.525. The van der Waals surface area contributed by atoms with E-state index in [0.717, 1.165) is 41.3 Å². The molecular formula is C25H30N2O2. The highest BCUT2D eigenvalue weighted by Gasteiger charge is 2.15. The Morgan fingerprint density at radius 2 is 1.28 bits per heavy atom. The van der Waals surface area contributed by atoms with Crippen LogP contribution in [0.3, 0.4) is 0 Å². The Kier molecular flexibility index (Phi) is 5.81. The normalized spacial score (nSPS) is 15.7. The molecule has 0 atom stereocenters. The zero-order valence-corrected chi connectivity index (χ0v) is 17.5. The summed E-state index contributed by atoms with van der Waals surface area (Å²) in [5.74, 6) is 0.133. The van der Waals surface area contributed by atoms with Gasteiger partial charge in [0.05, 0.1) is 0 Å². The molecule has 1 saturated heterocycles. The fraction of sp³-hybridized carbons (Fsp3) is 0.440. The van der Waals surface area contributed by atoms with Gasteiger partial charge >= 0.3 is 0 Å². The molecule has 4 heteroatoms. The lowest BCUT2D eigenvalue weighted by molar-refractivity contribution is 0.100. The summed E-state index contributed by atoms with van der Waals surface area (Å²) in [4.78, 5) is 26.4. The Balaban J connectivity index is 1.69. The lowest BCUT2D eigenvalue weighted by Gasteiger charge is -2.20. The predicted octanol–water partition coefficient (Wildman–Crippen LogP) is 5.47. The molecule has 4 rings (SSSR count). The van der Waals surface area contributed by atoms with Crippen LogP contribution in [0, 0.1) is 0 Å². The molecule has 0 unspecified atom stereocenters. The third-order valence-electron chi connectivity index (χ3n) is 6.23. The molecule has 0 amide bonds.